The molecule has 1 atom stereocenters. The Morgan fingerprint density at radius 3 is 2.40 bits per heavy atom. The molecule has 1 fully saturated rings. The highest BCUT2D eigenvalue weighted by Gasteiger charge is 2.34. The number of benzene rings is 1. The van der Waals surface area contributed by atoms with Crippen LogP contribution in [0.4, 0.5) is 17.6 Å². The Kier molecular flexibility index (Phi) is 6.43. The number of hydrogen-bond acceptors (Lipinski definition) is 2. The lowest BCUT2D eigenvalue weighted by Gasteiger charge is -2.35. The highest BCUT2D eigenvalue weighted by molar-refractivity contribution is 5.77. The summed E-state index contributed by atoms with van der Waals surface area (Å²) in [5.74, 6) is -0.307. The molecule has 1 heterocycles. The minimum Gasteiger partial charge on any atom is -0.334 e. The molecular formula is C18H24F4N2O. The summed E-state index contributed by atoms with van der Waals surface area (Å²) >= 11 is 0. The van der Waals surface area contributed by atoms with Crippen LogP contribution in [0, 0.1) is 11.7 Å². The van der Waals surface area contributed by atoms with Gasteiger partial charge in [-0.05, 0) is 23.6 Å². The maximum atomic E-state index is 13.1. The lowest BCUT2D eigenvalue weighted by molar-refractivity contribution is -0.138. The van der Waals surface area contributed by atoms with Crippen molar-refractivity contribution in [3.8, 4) is 0 Å². The van der Waals surface area contributed by atoms with Crippen LogP contribution in [0.25, 0.3) is 0 Å². The molecule has 7 heteroatoms. The molecule has 1 aliphatic heterocycles. The predicted molar refractivity (Wildman–Crippen MR) is 87.3 cm³/mol. The van der Waals surface area contributed by atoms with Crippen molar-refractivity contribution in [2.45, 2.75) is 45.5 Å². The second-order valence-corrected chi connectivity index (χ2v) is 6.88. The molecule has 2 rings (SSSR count). The highest BCUT2D eigenvalue weighted by Crippen LogP contribution is 2.24. The lowest BCUT2D eigenvalue weighted by Crippen LogP contribution is -2.46. The fourth-order valence-electron chi connectivity index (χ4n) is 3.09. The summed E-state index contributed by atoms with van der Waals surface area (Å²) in [5, 5.41) is 0. The second-order valence-electron chi connectivity index (χ2n) is 6.88. The fraction of sp³-hybridized carbons (Fsp3) is 0.611. The van der Waals surface area contributed by atoms with Gasteiger partial charge in [0.15, 0.2) is 0 Å². The van der Waals surface area contributed by atoms with E-state index in [-0.39, 0.29) is 36.6 Å². The van der Waals surface area contributed by atoms with Gasteiger partial charge >= 0.3 is 6.18 Å². The number of hydrogen-bond donors (Lipinski definition) is 0. The third kappa shape index (κ3) is 5.99. The Labute approximate surface area is 145 Å². The number of carbonyl (C=O) groups excluding carboxylic acids is 1. The first-order valence-corrected chi connectivity index (χ1v) is 8.49. The molecule has 0 N–H and O–H groups in total. The zero-order valence-corrected chi connectivity index (χ0v) is 14.5. The largest absolute Gasteiger partial charge is 0.390 e. The number of amides is 1. The molecule has 1 saturated heterocycles. The third-order valence-electron chi connectivity index (χ3n) is 4.56. The molecule has 25 heavy (non-hydrogen) atoms. The monoisotopic (exact) mass is 360 g/mol. The van der Waals surface area contributed by atoms with Crippen LogP contribution < -0.4 is 0 Å². The van der Waals surface area contributed by atoms with Crippen molar-refractivity contribution in [3.63, 3.8) is 0 Å². The van der Waals surface area contributed by atoms with Crippen molar-refractivity contribution in [2.75, 3.05) is 19.6 Å². The van der Waals surface area contributed by atoms with Crippen LogP contribution in [0.1, 0.15) is 32.3 Å². The first kappa shape index (κ1) is 19.7. The minimum atomic E-state index is -4.20. The van der Waals surface area contributed by atoms with Crippen LogP contribution in [-0.4, -0.2) is 47.6 Å². The van der Waals surface area contributed by atoms with E-state index in [2.05, 4.69) is 0 Å². The molecule has 0 saturated carbocycles. The maximum absolute atomic E-state index is 13.1. The Balaban J connectivity index is 2.11. The molecule has 140 valence electrons. The van der Waals surface area contributed by atoms with Crippen molar-refractivity contribution >= 4 is 5.91 Å². The third-order valence-corrected chi connectivity index (χ3v) is 4.56. The number of nitrogens with zero attached hydrogens (tertiary/aromatic N) is 2. The molecule has 1 aromatic rings. The van der Waals surface area contributed by atoms with Gasteiger partial charge in [-0.15, -0.1) is 0 Å². The van der Waals surface area contributed by atoms with E-state index in [4.69, 9.17) is 0 Å². The molecule has 3 nitrogen and oxygen atoms in total. The van der Waals surface area contributed by atoms with Crippen LogP contribution >= 0.6 is 0 Å². The number of carbonyl (C=O) groups is 1. The summed E-state index contributed by atoms with van der Waals surface area (Å²) in [7, 11) is 0. The van der Waals surface area contributed by atoms with Gasteiger partial charge in [-0.3, -0.25) is 4.79 Å². The van der Waals surface area contributed by atoms with E-state index in [1.807, 2.05) is 13.8 Å². The molecule has 0 aliphatic carbocycles. The number of rotatable bonds is 5. The average molecular weight is 360 g/mol. The van der Waals surface area contributed by atoms with Crippen molar-refractivity contribution < 1.29 is 22.4 Å². The van der Waals surface area contributed by atoms with Gasteiger partial charge in [0.05, 0.1) is 6.42 Å². The van der Waals surface area contributed by atoms with Gasteiger partial charge in [0.1, 0.15) is 5.82 Å². The van der Waals surface area contributed by atoms with Crippen LogP contribution in [0.3, 0.4) is 0 Å². The average Bonchev–Trinajstić information content (AvgIpc) is 2.67. The van der Waals surface area contributed by atoms with E-state index in [9.17, 15) is 22.4 Å². The predicted octanol–water partition coefficient (Wildman–Crippen LogP) is 3.84. The van der Waals surface area contributed by atoms with Gasteiger partial charge in [0.2, 0.25) is 5.91 Å². The molecule has 0 radical (unpaired) electrons. The SMILES string of the molecule is CC(C)[C@@H]1CN(CCC(F)(F)F)CCC(=O)N1Cc1ccc(F)cc1. The van der Waals surface area contributed by atoms with Gasteiger partial charge in [0.25, 0.3) is 0 Å². The Morgan fingerprint density at radius 1 is 1.20 bits per heavy atom. The Bertz CT molecular complexity index is 571. The van der Waals surface area contributed by atoms with E-state index in [0.29, 0.717) is 19.6 Å². The molecule has 1 amide bonds. The molecule has 0 spiro atoms. The zero-order chi connectivity index (χ0) is 18.6. The molecule has 1 aromatic carbocycles. The van der Waals surface area contributed by atoms with Crippen molar-refractivity contribution in [3.05, 3.63) is 35.6 Å². The van der Waals surface area contributed by atoms with Crippen LogP contribution in [0.15, 0.2) is 24.3 Å². The molecule has 0 unspecified atom stereocenters. The van der Waals surface area contributed by atoms with Gasteiger partial charge in [0, 0.05) is 38.6 Å². The van der Waals surface area contributed by atoms with Crippen molar-refractivity contribution in [1.82, 2.24) is 9.80 Å². The maximum Gasteiger partial charge on any atom is 0.390 e. The van der Waals surface area contributed by atoms with Gasteiger partial charge in [-0.25, -0.2) is 4.39 Å². The van der Waals surface area contributed by atoms with E-state index >= 15 is 0 Å². The van der Waals surface area contributed by atoms with Crippen molar-refractivity contribution in [1.29, 1.82) is 0 Å². The van der Waals surface area contributed by atoms with E-state index in [1.165, 1.54) is 12.1 Å². The van der Waals surface area contributed by atoms with E-state index in [0.717, 1.165) is 5.56 Å². The normalized spacial score (nSPS) is 20.2. The van der Waals surface area contributed by atoms with E-state index < -0.39 is 12.6 Å². The second kappa shape index (κ2) is 8.17. The fourth-order valence-corrected chi connectivity index (χ4v) is 3.09. The first-order valence-electron chi connectivity index (χ1n) is 8.49. The molecular weight excluding hydrogens is 336 g/mol. The number of halogens is 4. The van der Waals surface area contributed by atoms with Gasteiger partial charge in [-0.2, -0.15) is 13.2 Å². The van der Waals surface area contributed by atoms with Crippen LogP contribution in [-0.2, 0) is 11.3 Å². The quantitative estimate of drug-likeness (QED) is 0.745. The highest BCUT2D eigenvalue weighted by atomic mass is 19.4. The summed E-state index contributed by atoms with van der Waals surface area (Å²) < 4.78 is 50.6. The summed E-state index contributed by atoms with van der Waals surface area (Å²) in [4.78, 5) is 16.0. The molecule has 0 bridgehead atoms. The summed E-state index contributed by atoms with van der Waals surface area (Å²) in [6.45, 7) is 4.92. The zero-order valence-electron chi connectivity index (χ0n) is 14.5. The van der Waals surface area contributed by atoms with Crippen LogP contribution in [0.5, 0.6) is 0 Å². The summed E-state index contributed by atoms with van der Waals surface area (Å²) in [6, 6.07) is 5.78. The van der Waals surface area contributed by atoms with Gasteiger partial charge < -0.3 is 9.80 Å². The number of alkyl halides is 3. The Morgan fingerprint density at radius 2 is 1.84 bits per heavy atom. The smallest absolute Gasteiger partial charge is 0.334 e. The summed E-state index contributed by atoms with van der Waals surface area (Å²) in [5.41, 5.74) is 0.809. The Hall–Kier alpha value is -1.63. The summed E-state index contributed by atoms with van der Waals surface area (Å²) in [6.07, 6.45) is -4.87. The molecule has 0 aromatic heterocycles. The lowest BCUT2D eigenvalue weighted by atomic mass is 10.0. The van der Waals surface area contributed by atoms with E-state index in [1.54, 1.807) is 21.9 Å². The topological polar surface area (TPSA) is 23.6 Å². The van der Waals surface area contributed by atoms with Crippen molar-refractivity contribution in [2.24, 2.45) is 5.92 Å². The standard InChI is InChI=1S/C18H24F4N2O/c1-13(2)16-12-23(10-8-18(20,21)22)9-7-17(25)24(16)11-14-3-5-15(19)6-4-14/h3-6,13,16H,7-12H2,1-2H3/t16-/m0/s1. The van der Waals surface area contributed by atoms with Gasteiger partial charge in [-0.1, -0.05) is 26.0 Å². The molecule has 1 aliphatic rings. The van der Waals surface area contributed by atoms with Crippen LogP contribution in [0.2, 0.25) is 0 Å². The minimum absolute atomic E-state index is 0.0717. The first-order chi connectivity index (χ1) is 11.7.